The third kappa shape index (κ3) is 4.16. The van der Waals surface area contributed by atoms with Gasteiger partial charge in [-0.05, 0) is 70.1 Å². The van der Waals surface area contributed by atoms with Gasteiger partial charge in [-0.3, -0.25) is 14.4 Å². The summed E-state index contributed by atoms with van der Waals surface area (Å²) in [4.78, 5) is 42.0. The van der Waals surface area contributed by atoms with Crippen LogP contribution in [0, 0.1) is 25.7 Å². The monoisotopic (exact) mass is 474 g/mol. The van der Waals surface area contributed by atoms with Gasteiger partial charge in [0.2, 0.25) is 11.8 Å². The van der Waals surface area contributed by atoms with Crippen LogP contribution in [-0.2, 0) is 19.1 Å². The molecule has 33 heavy (non-hydrogen) atoms. The number of nitrogens with zero attached hydrogens (tertiary/aromatic N) is 1. The maximum absolute atomic E-state index is 13.8. The van der Waals surface area contributed by atoms with E-state index in [1.165, 1.54) is 0 Å². The van der Waals surface area contributed by atoms with Gasteiger partial charge in [-0.25, -0.2) is 0 Å². The Hall–Kier alpha value is -2.06. The zero-order chi connectivity index (χ0) is 23.8. The first-order valence-corrected chi connectivity index (χ1v) is 12.9. The van der Waals surface area contributed by atoms with Crippen LogP contribution < -0.4 is 5.32 Å². The van der Waals surface area contributed by atoms with Crippen LogP contribution in [-0.4, -0.2) is 63.6 Å². The van der Waals surface area contributed by atoms with Crippen molar-refractivity contribution in [1.29, 1.82) is 0 Å². The summed E-state index contributed by atoms with van der Waals surface area (Å²) in [5.74, 6) is -1.61. The lowest BCUT2D eigenvalue weighted by molar-refractivity contribution is -0.153. The number of aliphatic hydroxyl groups is 1. The van der Waals surface area contributed by atoms with E-state index in [0.29, 0.717) is 19.4 Å². The molecule has 2 N–H and O–H groups in total. The van der Waals surface area contributed by atoms with Crippen LogP contribution >= 0.6 is 11.8 Å². The standard InChI is InChI=1S/C25H34N2O5S/c1-4-32-24(31)19-18-10-11-25(33-18)20(19)23(30)27(12-6-5-7-13-28)21(25)22(29)26-17-14-15(2)8-9-16(17)3/h8-9,14,18-21,28H,4-7,10-13H2,1-3H3,(H,26,29)/t18-,19+,20+,21?,25?/m1/s1. The Bertz CT molecular complexity index is 937. The third-order valence-electron chi connectivity index (χ3n) is 7.32. The summed E-state index contributed by atoms with van der Waals surface area (Å²) >= 11 is 1.65. The molecular formula is C25H34N2O5S. The Morgan fingerprint density at radius 3 is 2.79 bits per heavy atom. The Morgan fingerprint density at radius 1 is 1.27 bits per heavy atom. The molecule has 180 valence electrons. The van der Waals surface area contributed by atoms with Crippen LogP contribution in [0.4, 0.5) is 5.69 Å². The zero-order valence-electron chi connectivity index (χ0n) is 19.6. The topological polar surface area (TPSA) is 95.9 Å². The number of anilines is 1. The molecule has 2 unspecified atom stereocenters. The molecule has 0 aromatic heterocycles. The van der Waals surface area contributed by atoms with Crippen molar-refractivity contribution >= 4 is 35.2 Å². The summed E-state index contributed by atoms with van der Waals surface area (Å²) < 4.78 is 4.75. The van der Waals surface area contributed by atoms with Crippen molar-refractivity contribution in [3.8, 4) is 0 Å². The van der Waals surface area contributed by atoms with Crippen LogP contribution in [0.2, 0.25) is 0 Å². The van der Waals surface area contributed by atoms with Gasteiger partial charge in [-0.1, -0.05) is 12.1 Å². The number of carbonyl (C=O) groups is 3. The predicted octanol–water partition coefficient (Wildman–Crippen LogP) is 3.06. The predicted molar refractivity (Wildman–Crippen MR) is 128 cm³/mol. The van der Waals surface area contributed by atoms with E-state index in [1.54, 1.807) is 23.6 Å². The van der Waals surface area contributed by atoms with E-state index < -0.39 is 22.6 Å². The highest BCUT2D eigenvalue weighted by atomic mass is 32.2. The molecule has 3 heterocycles. The molecular weight excluding hydrogens is 440 g/mol. The van der Waals surface area contributed by atoms with Gasteiger partial charge in [0, 0.05) is 24.1 Å². The quantitative estimate of drug-likeness (QED) is 0.422. The minimum atomic E-state index is -0.626. The fourth-order valence-corrected chi connectivity index (χ4v) is 8.05. The number of carbonyl (C=O) groups excluding carboxylic acids is 3. The Morgan fingerprint density at radius 2 is 2.06 bits per heavy atom. The summed E-state index contributed by atoms with van der Waals surface area (Å²) in [5, 5.41) is 12.2. The van der Waals surface area contributed by atoms with Crippen LogP contribution in [0.15, 0.2) is 18.2 Å². The number of amides is 2. The molecule has 2 bridgehead atoms. The van der Waals surface area contributed by atoms with E-state index in [4.69, 9.17) is 9.84 Å². The van der Waals surface area contributed by atoms with Gasteiger partial charge in [-0.2, -0.15) is 0 Å². The molecule has 3 saturated heterocycles. The lowest BCUT2D eigenvalue weighted by atomic mass is 9.71. The first kappa shape index (κ1) is 24.1. The van der Waals surface area contributed by atoms with Crippen LogP contribution in [0.25, 0.3) is 0 Å². The zero-order valence-corrected chi connectivity index (χ0v) is 20.5. The fourth-order valence-electron chi connectivity index (χ4n) is 5.84. The molecule has 3 aliphatic rings. The number of ether oxygens (including phenoxy) is 1. The maximum Gasteiger partial charge on any atom is 0.310 e. The number of esters is 1. The highest BCUT2D eigenvalue weighted by molar-refractivity contribution is 8.02. The van der Waals surface area contributed by atoms with Crippen molar-refractivity contribution in [3.63, 3.8) is 0 Å². The number of hydrogen-bond donors (Lipinski definition) is 2. The third-order valence-corrected chi connectivity index (χ3v) is 9.27. The summed E-state index contributed by atoms with van der Waals surface area (Å²) in [6, 6.07) is 5.31. The minimum Gasteiger partial charge on any atom is -0.466 e. The molecule has 1 spiro atoms. The van der Waals surface area contributed by atoms with Crippen molar-refractivity contribution in [2.45, 2.75) is 68.9 Å². The van der Waals surface area contributed by atoms with Crippen LogP contribution in [0.3, 0.4) is 0 Å². The lowest BCUT2D eigenvalue weighted by Gasteiger charge is -2.34. The number of rotatable bonds is 9. The van der Waals surface area contributed by atoms with Gasteiger partial charge >= 0.3 is 5.97 Å². The number of aryl methyl sites for hydroxylation is 2. The second-order valence-corrected chi connectivity index (χ2v) is 11.0. The Labute approximate surface area is 199 Å². The van der Waals surface area contributed by atoms with Gasteiger partial charge in [0.15, 0.2) is 0 Å². The number of unbranched alkanes of at least 4 members (excludes halogenated alkanes) is 2. The molecule has 1 aromatic rings. The van der Waals surface area contributed by atoms with Gasteiger partial charge < -0.3 is 20.1 Å². The van der Waals surface area contributed by atoms with Gasteiger partial charge in [-0.15, -0.1) is 11.8 Å². The number of benzene rings is 1. The summed E-state index contributed by atoms with van der Waals surface area (Å²) in [6.07, 6.45) is 3.70. The highest BCUT2D eigenvalue weighted by Crippen LogP contribution is 2.66. The van der Waals surface area contributed by atoms with Crippen molar-refractivity contribution in [2.75, 3.05) is 25.1 Å². The molecule has 3 aliphatic heterocycles. The summed E-state index contributed by atoms with van der Waals surface area (Å²) in [7, 11) is 0. The molecule has 1 aromatic carbocycles. The fraction of sp³-hybridized carbons (Fsp3) is 0.640. The average molecular weight is 475 g/mol. The maximum atomic E-state index is 13.8. The SMILES string of the molecule is CCOC(=O)[C@@H]1[C@H]2C(=O)N(CCCCCO)C(C(=O)Nc3cc(C)ccc3C)C23CC[C@H]1S3. The van der Waals surface area contributed by atoms with Crippen molar-refractivity contribution in [3.05, 3.63) is 29.3 Å². The molecule has 5 atom stereocenters. The Balaban J connectivity index is 1.66. The minimum absolute atomic E-state index is 0.0190. The second-order valence-electron chi connectivity index (χ2n) is 9.43. The largest absolute Gasteiger partial charge is 0.466 e. The summed E-state index contributed by atoms with van der Waals surface area (Å²) in [5.41, 5.74) is 2.77. The number of hydrogen-bond acceptors (Lipinski definition) is 6. The number of nitrogens with one attached hydrogen (secondary N) is 1. The summed E-state index contributed by atoms with van der Waals surface area (Å²) in [6.45, 7) is 6.55. The van der Waals surface area contributed by atoms with Crippen LogP contribution in [0.1, 0.15) is 50.2 Å². The van der Waals surface area contributed by atoms with Crippen molar-refractivity contribution < 1.29 is 24.2 Å². The van der Waals surface area contributed by atoms with E-state index in [9.17, 15) is 14.4 Å². The van der Waals surface area contributed by atoms with Gasteiger partial charge in [0.25, 0.3) is 0 Å². The first-order valence-electron chi connectivity index (χ1n) is 12.0. The lowest BCUT2D eigenvalue weighted by Crippen LogP contribution is -2.51. The molecule has 8 heteroatoms. The molecule has 0 aliphatic carbocycles. The van der Waals surface area contributed by atoms with E-state index in [-0.39, 0.29) is 36.2 Å². The molecule has 0 radical (unpaired) electrons. The second kappa shape index (κ2) is 9.66. The normalized spacial score (nSPS) is 29.9. The highest BCUT2D eigenvalue weighted by Gasteiger charge is 2.73. The smallest absolute Gasteiger partial charge is 0.310 e. The molecule has 7 nitrogen and oxygen atoms in total. The molecule has 4 rings (SSSR count). The average Bonchev–Trinajstić information content (AvgIpc) is 3.41. The van der Waals surface area contributed by atoms with Crippen molar-refractivity contribution in [1.82, 2.24) is 4.90 Å². The van der Waals surface area contributed by atoms with E-state index in [0.717, 1.165) is 36.1 Å². The number of fused-ring (bicyclic) bond motifs is 1. The van der Waals surface area contributed by atoms with Crippen LogP contribution in [0.5, 0.6) is 0 Å². The van der Waals surface area contributed by atoms with Gasteiger partial charge in [0.1, 0.15) is 6.04 Å². The molecule has 3 fully saturated rings. The van der Waals surface area contributed by atoms with E-state index in [1.807, 2.05) is 32.0 Å². The Kier molecular flexibility index (Phi) is 7.05. The van der Waals surface area contributed by atoms with Crippen molar-refractivity contribution in [2.24, 2.45) is 11.8 Å². The first-order chi connectivity index (χ1) is 15.8. The van der Waals surface area contributed by atoms with E-state index >= 15 is 0 Å². The molecule has 2 amide bonds. The number of likely N-dealkylation sites (tertiary alicyclic amines) is 1. The van der Waals surface area contributed by atoms with E-state index in [2.05, 4.69) is 5.32 Å². The number of thioether (sulfide) groups is 1. The molecule has 0 saturated carbocycles. The number of aliphatic hydroxyl groups excluding tert-OH is 1. The van der Waals surface area contributed by atoms with Gasteiger partial charge in [0.05, 0.1) is 23.2 Å².